The van der Waals surface area contributed by atoms with Gasteiger partial charge in [0.2, 0.25) is 5.89 Å². The maximum absolute atomic E-state index is 12.8. The molecule has 29 heavy (non-hydrogen) atoms. The fourth-order valence-corrected chi connectivity index (χ4v) is 6.69. The van der Waals surface area contributed by atoms with Gasteiger partial charge in [-0.1, -0.05) is 37.9 Å². The Morgan fingerprint density at radius 1 is 1.21 bits per heavy atom. The highest BCUT2D eigenvalue weighted by molar-refractivity contribution is 7.99. The molecule has 0 bridgehead atoms. The predicted octanol–water partition coefficient (Wildman–Crippen LogP) is 5.39. The molecule has 0 spiro atoms. The Hall–Kier alpha value is -1.67. The normalized spacial score (nSPS) is 21.4. The standard InChI is InChI=1S/C21H26N4O2S2/c1-11-8-9-14-15(10-11)29-20-16(14)18(26)22-17(23-20)12(2)28-21-25-24-19(27-21)13-6-4-3-5-7-13/h11-13H,3-10H2,1-2H3,(H,22,23,26). The number of fused-ring (bicyclic) bond motifs is 3. The number of H-pyrrole nitrogens is 1. The van der Waals surface area contributed by atoms with Gasteiger partial charge in [-0.2, -0.15) is 0 Å². The highest BCUT2D eigenvalue weighted by Crippen LogP contribution is 2.39. The first kappa shape index (κ1) is 19.3. The number of nitrogens with one attached hydrogen (secondary N) is 1. The molecule has 2 aliphatic rings. The monoisotopic (exact) mass is 430 g/mol. The predicted molar refractivity (Wildman–Crippen MR) is 116 cm³/mol. The minimum absolute atomic E-state index is 0.0158. The summed E-state index contributed by atoms with van der Waals surface area (Å²) in [5, 5.41) is 9.80. The molecule has 6 nitrogen and oxygen atoms in total. The topological polar surface area (TPSA) is 84.7 Å². The van der Waals surface area contributed by atoms with Gasteiger partial charge in [-0.25, -0.2) is 4.98 Å². The highest BCUT2D eigenvalue weighted by atomic mass is 32.2. The molecule has 2 unspecified atom stereocenters. The molecular formula is C21H26N4O2S2. The van der Waals surface area contributed by atoms with Gasteiger partial charge >= 0.3 is 0 Å². The molecular weight excluding hydrogens is 404 g/mol. The quantitative estimate of drug-likeness (QED) is 0.558. The van der Waals surface area contributed by atoms with E-state index in [2.05, 4.69) is 22.1 Å². The van der Waals surface area contributed by atoms with Crippen LogP contribution in [0.4, 0.5) is 0 Å². The largest absolute Gasteiger partial charge is 0.416 e. The molecule has 8 heteroatoms. The molecule has 2 aliphatic carbocycles. The van der Waals surface area contributed by atoms with Crippen LogP contribution in [0.5, 0.6) is 0 Å². The third kappa shape index (κ3) is 3.77. The SMILES string of the molecule is CC1CCc2c(sc3nc(C(C)Sc4nnc(C5CCCCC5)o4)[nH]c(=O)c23)C1. The van der Waals surface area contributed by atoms with Crippen molar-refractivity contribution in [2.75, 3.05) is 0 Å². The number of hydrogen-bond acceptors (Lipinski definition) is 7. The van der Waals surface area contributed by atoms with Gasteiger partial charge in [0.25, 0.3) is 10.8 Å². The molecule has 0 aromatic carbocycles. The van der Waals surface area contributed by atoms with Gasteiger partial charge in [0.1, 0.15) is 10.7 Å². The van der Waals surface area contributed by atoms with Crippen LogP contribution >= 0.6 is 23.1 Å². The van der Waals surface area contributed by atoms with Gasteiger partial charge in [0.15, 0.2) is 0 Å². The van der Waals surface area contributed by atoms with Crippen molar-refractivity contribution >= 4 is 33.3 Å². The first-order valence-corrected chi connectivity index (χ1v) is 12.3. The Balaban J connectivity index is 1.38. The van der Waals surface area contributed by atoms with E-state index < -0.39 is 0 Å². The zero-order valence-corrected chi connectivity index (χ0v) is 18.5. The molecule has 3 heterocycles. The smallest absolute Gasteiger partial charge is 0.277 e. The minimum Gasteiger partial charge on any atom is -0.416 e. The fraction of sp³-hybridized carbons (Fsp3) is 0.619. The Kier molecular flexibility index (Phi) is 5.24. The molecule has 1 fully saturated rings. The van der Waals surface area contributed by atoms with Crippen molar-refractivity contribution in [1.29, 1.82) is 0 Å². The lowest BCUT2D eigenvalue weighted by molar-refractivity contribution is 0.334. The molecule has 2 atom stereocenters. The Morgan fingerprint density at radius 2 is 2.03 bits per heavy atom. The van der Waals surface area contributed by atoms with Gasteiger partial charge in [-0.05, 0) is 50.5 Å². The Morgan fingerprint density at radius 3 is 2.86 bits per heavy atom. The molecule has 154 valence electrons. The number of thiophene rings is 1. The van der Waals surface area contributed by atoms with Crippen molar-refractivity contribution in [2.24, 2.45) is 5.92 Å². The Labute approximate surface area is 177 Å². The van der Waals surface area contributed by atoms with Crippen molar-refractivity contribution < 1.29 is 4.42 Å². The summed E-state index contributed by atoms with van der Waals surface area (Å²) in [4.78, 5) is 22.9. The van der Waals surface area contributed by atoms with E-state index in [-0.39, 0.29) is 10.8 Å². The van der Waals surface area contributed by atoms with Crippen LogP contribution in [0.25, 0.3) is 10.2 Å². The zero-order chi connectivity index (χ0) is 20.0. The van der Waals surface area contributed by atoms with Gasteiger partial charge in [0.05, 0.1) is 10.6 Å². The third-order valence-corrected chi connectivity index (χ3v) is 8.31. The lowest BCUT2D eigenvalue weighted by Gasteiger charge is -2.17. The van der Waals surface area contributed by atoms with E-state index in [9.17, 15) is 4.79 Å². The first-order chi connectivity index (χ1) is 14.1. The van der Waals surface area contributed by atoms with Crippen LogP contribution < -0.4 is 5.56 Å². The molecule has 0 aliphatic heterocycles. The van der Waals surface area contributed by atoms with E-state index in [0.717, 1.165) is 48.2 Å². The van der Waals surface area contributed by atoms with Gasteiger partial charge in [-0.3, -0.25) is 4.79 Å². The molecule has 0 saturated heterocycles. The third-order valence-electron chi connectivity index (χ3n) is 6.22. The number of hydrogen-bond donors (Lipinski definition) is 1. The van der Waals surface area contributed by atoms with Crippen LogP contribution in [0.15, 0.2) is 14.4 Å². The number of aryl methyl sites for hydroxylation is 1. The van der Waals surface area contributed by atoms with E-state index in [1.165, 1.54) is 41.5 Å². The summed E-state index contributed by atoms with van der Waals surface area (Å²) >= 11 is 3.15. The number of nitrogens with zero attached hydrogens (tertiary/aromatic N) is 3. The second kappa shape index (κ2) is 7.87. The van der Waals surface area contributed by atoms with E-state index in [1.807, 2.05) is 6.92 Å². The molecule has 1 saturated carbocycles. The van der Waals surface area contributed by atoms with Crippen molar-refractivity contribution in [3.63, 3.8) is 0 Å². The summed E-state index contributed by atoms with van der Waals surface area (Å²) in [7, 11) is 0. The summed E-state index contributed by atoms with van der Waals surface area (Å²) in [6.45, 7) is 4.30. The molecule has 3 aromatic rings. The Bertz CT molecular complexity index is 1080. The molecule has 1 N–H and O–H groups in total. The zero-order valence-electron chi connectivity index (χ0n) is 16.9. The molecule has 0 radical (unpaired) electrons. The van der Waals surface area contributed by atoms with E-state index in [0.29, 0.717) is 22.9 Å². The number of aromatic amines is 1. The van der Waals surface area contributed by atoms with Crippen LogP contribution in [-0.4, -0.2) is 20.2 Å². The average molecular weight is 431 g/mol. The van der Waals surface area contributed by atoms with Gasteiger partial charge < -0.3 is 9.40 Å². The first-order valence-electron chi connectivity index (χ1n) is 10.6. The van der Waals surface area contributed by atoms with E-state index in [1.54, 1.807) is 11.3 Å². The van der Waals surface area contributed by atoms with Crippen molar-refractivity contribution in [3.05, 3.63) is 32.5 Å². The maximum Gasteiger partial charge on any atom is 0.277 e. The summed E-state index contributed by atoms with van der Waals surface area (Å²) < 4.78 is 5.93. The molecule has 5 rings (SSSR count). The highest BCUT2D eigenvalue weighted by Gasteiger charge is 2.25. The van der Waals surface area contributed by atoms with Crippen molar-refractivity contribution in [2.45, 2.75) is 81.6 Å². The van der Waals surface area contributed by atoms with E-state index >= 15 is 0 Å². The molecule has 3 aromatic heterocycles. The fourth-order valence-electron chi connectivity index (χ4n) is 4.55. The number of thioether (sulfide) groups is 1. The summed E-state index contributed by atoms with van der Waals surface area (Å²) in [5.41, 5.74) is 1.20. The summed E-state index contributed by atoms with van der Waals surface area (Å²) in [6.07, 6.45) is 9.23. The summed E-state index contributed by atoms with van der Waals surface area (Å²) in [6, 6.07) is 0. The number of aromatic nitrogens is 4. The van der Waals surface area contributed by atoms with Crippen molar-refractivity contribution in [1.82, 2.24) is 20.2 Å². The number of rotatable bonds is 4. The van der Waals surface area contributed by atoms with Crippen LogP contribution in [0.3, 0.4) is 0 Å². The average Bonchev–Trinajstić information content (AvgIpc) is 3.32. The lowest BCUT2D eigenvalue weighted by atomic mass is 9.89. The van der Waals surface area contributed by atoms with Crippen molar-refractivity contribution in [3.8, 4) is 0 Å². The van der Waals surface area contributed by atoms with Gasteiger partial charge in [0, 0.05) is 10.8 Å². The minimum atomic E-state index is -0.0650. The summed E-state index contributed by atoms with van der Waals surface area (Å²) in [5.74, 6) is 2.52. The maximum atomic E-state index is 12.8. The van der Waals surface area contributed by atoms with Crippen LogP contribution in [0.2, 0.25) is 0 Å². The second-order valence-corrected chi connectivity index (χ2v) is 10.9. The molecule has 0 amide bonds. The lowest BCUT2D eigenvalue weighted by Crippen LogP contribution is -2.15. The van der Waals surface area contributed by atoms with E-state index in [4.69, 9.17) is 9.40 Å². The second-order valence-electron chi connectivity index (χ2n) is 8.48. The van der Waals surface area contributed by atoms with Crippen LogP contribution in [0.1, 0.15) is 85.7 Å². The van der Waals surface area contributed by atoms with Crippen LogP contribution in [0, 0.1) is 5.92 Å². The van der Waals surface area contributed by atoms with Gasteiger partial charge in [-0.15, -0.1) is 21.5 Å². The van der Waals surface area contributed by atoms with Crippen LogP contribution in [-0.2, 0) is 12.8 Å².